The topological polar surface area (TPSA) is 91.2 Å². The molecule has 2 aliphatic heterocycles. The van der Waals surface area contributed by atoms with Crippen LogP contribution in [0.15, 0.2) is 12.1 Å². The van der Waals surface area contributed by atoms with Crippen LogP contribution in [0.25, 0.3) is 4.85 Å². The molecule has 2 aromatic rings. The Hall–Kier alpha value is -2.75. The Balaban J connectivity index is 1.45. The zero-order valence-corrected chi connectivity index (χ0v) is 20.3. The van der Waals surface area contributed by atoms with Crippen LogP contribution in [-0.4, -0.2) is 44.2 Å². The summed E-state index contributed by atoms with van der Waals surface area (Å²) >= 11 is 1.42. The van der Waals surface area contributed by atoms with Crippen LogP contribution in [0.5, 0.6) is 0 Å². The molecule has 2 bridgehead atoms. The number of carbonyl (C=O) groups excluding carboxylic acids is 1. The predicted molar refractivity (Wildman–Crippen MR) is 127 cm³/mol. The number of aryl methyl sites for hydroxylation is 1. The number of thiophene rings is 1. The summed E-state index contributed by atoms with van der Waals surface area (Å²) in [6.45, 7) is 14.5. The van der Waals surface area contributed by atoms with Gasteiger partial charge in [-0.2, -0.15) is 16.6 Å². The first-order valence-corrected chi connectivity index (χ1v) is 12.5. The number of hydrogen-bond donors (Lipinski definition) is 1. The van der Waals surface area contributed by atoms with E-state index in [4.69, 9.17) is 11.8 Å². The lowest BCUT2D eigenvalue weighted by Crippen LogP contribution is -2.45. The fourth-order valence-electron chi connectivity index (χ4n) is 5.52. The molecule has 0 aromatic carbocycles. The van der Waals surface area contributed by atoms with Crippen molar-refractivity contribution in [2.75, 3.05) is 6.54 Å². The maximum atomic E-state index is 12.2. The van der Waals surface area contributed by atoms with Gasteiger partial charge in [0.15, 0.2) is 0 Å². The Labute approximate surface area is 199 Å². The summed E-state index contributed by atoms with van der Waals surface area (Å²) in [7, 11) is 0. The lowest BCUT2D eigenvalue weighted by Gasteiger charge is -2.40. The van der Waals surface area contributed by atoms with Crippen LogP contribution in [0, 0.1) is 24.8 Å². The first kappa shape index (κ1) is 23.4. The van der Waals surface area contributed by atoms with Crippen molar-refractivity contribution in [1.82, 2.24) is 25.0 Å². The zero-order chi connectivity index (χ0) is 23.5. The molecule has 174 valence electrons. The van der Waals surface area contributed by atoms with Gasteiger partial charge in [0.25, 0.3) is 0 Å². The van der Waals surface area contributed by atoms with Crippen LogP contribution in [0.4, 0.5) is 5.00 Å². The number of piperidine rings is 1. The number of amides is 1. The molecule has 2 aromatic heterocycles. The van der Waals surface area contributed by atoms with Gasteiger partial charge in [0.2, 0.25) is 10.9 Å². The molecule has 0 saturated carbocycles. The number of hydrogen-bond acceptors (Lipinski definition) is 6. The van der Waals surface area contributed by atoms with Gasteiger partial charge in [0.05, 0.1) is 18.7 Å². The van der Waals surface area contributed by atoms with Crippen molar-refractivity contribution in [2.24, 2.45) is 0 Å². The maximum absolute atomic E-state index is 12.2. The van der Waals surface area contributed by atoms with E-state index in [-0.39, 0.29) is 18.4 Å². The van der Waals surface area contributed by atoms with Crippen molar-refractivity contribution in [3.05, 3.63) is 40.1 Å². The summed E-state index contributed by atoms with van der Waals surface area (Å²) in [5, 5.41) is 21.3. The highest BCUT2D eigenvalue weighted by Gasteiger charge is 2.42. The van der Waals surface area contributed by atoms with Crippen LogP contribution in [-0.2, 0) is 4.79 Å². The van der Waals surface area contributed by atoms with Crippen molar-refractivity contribution in [1.29, 1.82) is 5.26 Å². The standard InChI is InChI=1S/C24H31N7OS/c1-15(2)24-29-28-16(3)31(24)19-13-17-5-6-18(14-19)30(17)12-10-20(27-22(32)9-11-25)21-7-8-23(26-4)33-21/h7-8,15,17-20H,5-6,9-10,12-14H2,1-3H3,(H,27,32)/t17?,18?,19?,20-/m0/s1. The van der Waals surface area contributed by atoms with E-state index in [9.17, 15) is 4.79 Å². The molecule has 3 atom stereocenters. The number of carbonyl (C=O) groups is 1. The van der Waals surface area contributed by atoms with Gasteiger partial charge in [-0.1, -0.05) is 19.9 Å². The van der Waals surface area contributed by atoms with E-state index >= 15 is 0 Å². The van der Waals surface area contributed by atoms with Gasteiger partial charge in [-0.25, -0.2) is 4.85 Å². The van der Waals surface area contributed by atoms with Gasteiger partial charge in [0.1, 0.15) is 18.1 Å². The number of fused-ring (bicyclic) bond motifs is 2. The number of nitriles is 1. The van der Waals surface area contributed by atoms with Gasteiger partial charge in [-0.15, -0.1) is 10.2 Å². The fourth-order valence-corrected chi connectivity index (χ4v) is 6.40. The molecule has 2 unspecified atom stereocenters. The molecule has 2 aliphatic rings. The monoisotopic (exact) mass is 465 g/mol. The predicted octanol–water partition coefficient (Wildman–Crippen LogP) is 4.65. The van der Waals surface area contributed by atoms with Gasteiger partial charge >= 0.3 is 0 Å². The van der Waals surface area contributed by atoms with Crippen molar-refractivity contribution in [3.63, 3.8) is 0 Å². The highest BCUT2D eigenvalue weighted by molar-refractivity contribution is 7.16. The van der Waals surface area contributed by atoms with Gasteiger partial charge < -0.3 is 9.88 Å². The van der Waals surface area contributed by atoms with Gasteiger partial charge in [-0.3, -0.25) is 9.69 Å². The van der Waals surface area contributed by atoms with Gasteiger partial charge in [0, 0.05) is 35.5 Å². The fraction of sp³-hybridized carbons (Fsp3) is 0.625. The van der Waals surface area contributed by atoms with E-state index in [1.807, 2.05) is 12.1 Å². The van der Waals surface area contributed by atoms with E-state index in [0.717, 1.165) is 42.3 Å². The third-order valence-electron chi connectivity index (χ3n) is 6.95. The minimum Gasteiger partial charge on any atom is -0.348 e. The molecule has 0 aliphatic carbocycles. The Morgan fingerprint density at radius 2 is 2.03 bits per heavy atom. The van der Waals surface area contributed by atoms with Crippen LogP contribution >= 0.6 is 11.3 Å². The molecular weight excluding hydrogens is 434 g/mol. The van der Waals surface area contributed by atoms with E-state index in [2.05, 4.69) is 50.6 Å². The molecule has 33 heavy (non-hydrogen) atoms. The van der Waals surface area contributed by atoms with E-state index in [0.29, 0.717) is 29.0 Å². The van der Waals surface area contributed by atoms with Crippen molar-refractivity contribution < 1.29 is 4.79 Å². The third-order valence-corrected chi connectivity index (χ3v) is 8.04. The number of aromatic nitrogens is 3. The molecule has 2 saturated heterocycles. The normalized spacial score (nSPS) is 23.3. The number of nitrogens with zero attached hydrogens (tertiary/aromatic N) is 6. The quantitative estimate of drug-likeness (QED) is 0.573. The molecule has 1 N–H and O–H groups in total. The summed E-state index contributed by atoms with van der Waals surface area (Å²) in [6, 6.07) is 6.97. The summed E-state index contributed by atoms with van der Waals surface area (Å²) in [5.74, 6) is 2.18. The molecule has 8 nitrogen and oxygen atoms in total. The van der Waals surface area contributed by atoms with Crippen molar-refractivity contribution >= 4 is 22.2 Å². The lowest BCUT2D eigenvalue weighted by molar-refractivity contribution is -0.120. The summed E-state index contributed by atoms with van der Waals surface area (Å²) in [6.07, 6.45) is 5.22. The Morgan fingerprint density at radius 1 is 1.30 bits per heavy atom. The second kappa shape index (κ2) is 10.0. The second-order valence-corrected chi connectivity index (χ2v) is 10.5. The molecule has 4 rings (SSSR count). The summed E-state index contributed by atoms with van der Waals surface area (Å²) in [4.78, 5) is 19.3. The minimum absolute atomic E-state index is 0.148. The van der Waals surface area contributed by atoms with Crippen molar-refractivity contribution in [3.8, 4) is 6.07 Å². The molecule has 0 radical (unpaired) electrons. The Morgan fingerprint density at radius 3 is 2.64 bits per heavy atom. The first-order valence-electron chi connectivity index (χ1n) is 11.7. The van der Waals surface area contributed by atoms with E-state index < -0.39 is 0 Å². The minimum atomic E-state index is -0.258. The first-order chi connectivity index (χ1) is 15.9. The lowest BCUT2D eigenvalue weighted by atomic mass is 9.95. The SMILES string of the molecule is [C-]#[N+]c1ccc([C@H](CCN2C3CCC2CC(n2c(C)nnc2C(C)C)C3)NC(=O)CC#N)s1. The number of nitrogens with one attached hydrogen (secondary N) is 1. The summed E-state index contributed by atoms with van der Waals surface area (Å²) in [5.41, 5.74) is 0. The maximum Gasteiger partial charge on any atom is 0.241 e. The molecular formula is C24H31N7OS. The van der Waals surface area contributed by atoms with E-state index in [1.165, 1.54) is 24.2 Å². The van der Waals surface area contributed by atoms with Crippen LogP contribution in [0.1, 0.15) is 86.9 Å². The summed E-state index contributed by atoms with van der Waals surface area (Å²) < 4.78 is 2.37. The molecule has 4 heterocycles. The molecule has 0 spiro atoms. The smallest absolute Gasteiger partial charge is 0.241 e. The second-order valence-electron chi connectivity index (χ2n) is 9.41. The molecule has 9 heteroatoms. The Kier molecular flexibility index (Phi) is 7.11. The van der Waals surface area contributed by atoms with Crippen LogP contribution in [0.3, 0.4) is 0 Å². The van der Waals surface area contributed by atoms with Crippen LogP contribution < -0.4 is 5.32 Å². The average molecular weight is 466 g/mol. The van der Waals surface area contributed by atoms with Crippen molar-refractivity contribution in [2.45, 2.75) is 89.4 Å². The molecule has 1 amide bonds. The molecule has 2 fully saturated rings. The average Bonchev–Trinajstić information content (AvgIpc) is 3.47. The van der Waals surface area contributed by atoms with Crippen LogP contribution in [0.2, 0.25) is 0 Å². The Bertz CT molecular complexity index is 1060. The zero-order valence-electron chi connectivity index (χ0n) is 19.5. The van der Waals surface area contributed by atoms with E-state index in [1.54, 1.807) is 6.07 Å². The largest absolute Gasteiger partial charge is 0.348 e. The third kappa shape index (κ3) is 4.95. The van der Waals surface area contributed by atoms with Gasteiger partial charge in [-0.05, 0) is 45.1 Å². The number of rotatable bonds is 8. The highest BCUT2D eigenvalue weighted by Crippen LogP contribution is 2.42. The highest BCUT2D eigenvalue weighted by atomic mass is 32.1.